The molecule has 0 radical (unpaired) electrons. The summed E-state index contributed by atoms with van der Waals surface area (Å²) in [5.41, 5.74) is 3.45. The second-order valence-corrected chi connectivity index (χ2v) is 4.56. The van der Waals surface area contributed by atoms with Crippen molar-refractivity contribution < 1.29 is 5.11 Å². The maximum absolute atomic E-state index is 10.4. The lowest BCUT2D eigenvalue weighted by atomic mass is 10.0. The van der Waals surface area contributed by atoms with Crippen LogP contribution < -0.4 is 0 Å². The number of aliphatic hydroxyl groups excluding tert-OH is 1. The smallest absolute Gasteiger partial charge is 0.121 e. The highest BCUT2D eigenvalue weighted by Crippen LogP contribution is 2.25. The van der Waals surface area contributed by atoms with E-state index in [4.69, 9.17) is 0 Å². The molecule has 3 heteroatoms. The van der Waals surface area contributed by atoms with E-state index in [1.54, 1.807) is 12.4 Å². The fourth-order valence-electron chi connectivity index (χ4n) is 2.21. The van der Waals surface area contributed by atoms with Gasteiger partial charge in [0.1, 0.15) is 6.10 Å². The molecule has 3 rings (SSSR count). The normalized spacial score (nSPS) is 12.5. The highest BCUT2D eigenvalue weighted by Gasteiger charge is 2.14. The molecule has 19 heavy (non-hydrogen) atoms. The van der Waals surface area contributed by atoms with Crippen LogP contribution in [-0.2, 0) is 0 Å². The van der Waals surface area contributed by atoms with Gasteiger partial charge in [-0.15, -0.1) is 0 Å². The maximum atomic E-state index is 10.4. The van der Waals surface area contributed by atoms with E-state index < -0.39 is 6.10 Å². The Morgan fingerprint density at radius 1 is 1.00 bits per heavy atom. The molecule has 0 saturated heterocycles. The summed E-state index contributed by atoms with van der Waals surface area (Å²) in [4.78, 5) is 8.54. The Hall–Kier alpha value is -2.26. The van der Waals surface area contributed by atoms with Gasteiger partial charge in [-0.2, -0.15) is 0 Å². The third kappa shape index (κ3) is 2.20. The van der Waals surface area contributed by atoms with Crippen LogP contribution in [0.3, 0.4) is 0 Å². The number of aliphatic hydroxyl groups is 1. The zero-order chi connectivity index (χ0) is 13.2. The number of hydrogen-bond acceptors (Lipinski definition) is 3. The van der Waals surface area contributed by atoms with E-state index in [1.807, 2.05) is 49.4 Å². The van der Waals surface area contributed by atoms with E-state index in [9.17, 15) is 5.11 Å². The molecule has 0 aliphatic rings. The van der Waals surface area contributed by atoms with Gasteiger partial charge in [0.05, 0.1) is 11.2 Å². The van der Waals surface area contributed by atoms with E-state index in [0.29, 0.717) is 5.69 Å². The number of fused-ring (bicyclic) bond motifs is 1. The first-order chi connectivity index (χ1) is 9.25. The van der Waals surface area contributed by atoms with Gasteiger partial charge in [0, 0.05) is 17.8 Å². The Balaban J connectivity index is 2.07. The standard InChI is InChI=1S/C16H14N2O/c1-11-4-2-9-18-15(11)16(19)13-6-7-14-12(10-13)5-3-8-17-14/h2-10,16,19H,1H3. The molecule has 0 saturated carbocycles. The minimum Gasteiger partial charge on any atom is -0.382 e. The monoisotopic (exact) mass is 250 g/mol. The van der Waals surface area contributed by atoms with E-state index in [0.717, 1.165) is 22.0 Å². The summed E-state index contributed by atoms with van der Waals surface area (Å²) in [7, 11) is 0. The molecular formula is C16H14N2O. The molecule has 0 fully saturated rings. The zero-order valence-corrected chi connectivity index (χ0v) is 10.6. The summed E-state index contributed by atoms with van der Waals surface area (Å²) in [6.07, 6.45) is 2.76. The molecule has 1 unspecified atom stereocenters. The van der Waals surface area contributed by atoms with Gasteiger partial charge in [0.25, 0.3) is 0 Å². The molecule has 1 aromatic carbocycles. The number of aromatic nitrogens is 2. The summed E-state index contributed by atoms with van der Waals surface area (Å²) >= 11 is 0. The van der Waals surface area contributed by atoms with Crippen LogP contribution in [0.15, 0.2) is 54.9 Å². The first-order valence-corrected chi connectivity index (χ1v) is 6.20. The lowest BCUT2D eigenvalue weighted by Gasteiger charge is -2.13. The molecule has 0 amide bonds. The Kier molecular flexibility index (Phi) is 2.97. The van der Waals surface area contributed by atoms with Crippen molar-refractivity contribution in [3.05, 3.63) is 71.7 Å². The Morgan fingerprint density at radius 3 is 2.63 bits per heavy atom. The fraction of sp³-hybridized carbons (Fsp3) is 0.125. The van der Waals surface area contributed by atoms with Crippen molar-refractivity contribution in [2.24, 2.45) is 0 Å². The number of hydrogen-bond donors (Lipinski definition) is 1. The van der Waals surface area contributed by atoms with Gasteiger partial charge in [0.2, 0.25) is 0 Å². The van der Waals surface area contributed by atoms with Crippen molar-refractivity contribution in [2.45, 2.75) is 13.0 Å². The zero-order valence-electron chi connectivity index (χ0n) is 10.6. The maximum Gasteiger partial charge on any atom is 0.121 e. The Morgan fingerprint density at radius 2 is 1.79 bits per heavy atom. The third-order valence-electron chi connectivity index (χ3n) is 3.25. The second-order valence-electron chi connectivity index (χ2n) is 4.56. The van der Waals surface area contributed by atoms with Gasteiger partial charge < -0.3 is 5.11 Å². The Bertz CT molecular complexity index is 725. The molecule has 1 atom stereocenters. The van der Waals surface area contributed by atoms with Crippen LogP contribution >= 0.6 is 0 Å². The lowest BCUT2D eigenvalue weighted by Crippen LogP contribution is -2.04. The van der Waals surface area contributed by atoms with Crippen LogP contribution in [0.1, 0.15) is 22.9 Å². The molecule has 0 spiro atoms. The van der Waals surface area contributed by atoms with E-state index in [2.05, 4.69) is 9.97 Å². The van der Waals surface area contributed by atoms with Crippen molar-refractivity contribution in [1.82, 2.24) is 9.97 Å². The van der Waals surface area contributed by atoms with Gasteiger partial charge in [-0.05, 0) is 42.3 Å². The van der Waals surface area contributed by atoms with Crippen LogP contribution in [0.5, 0.6) is 0 Å². The minimum absolute atomic E-state index is 0.700. The molecule has 1 N–H and O–H groups in total. The summed E-state index contributed by atoms with van der Waals surface area (Å²) in [5.74, 6) is 0. The number of aryl methyl sites for hydroxylation is 1. The van der Waals surface area contributed by atoms with Gasteiger partial charge in [0.15, 0.2) is 0 Å². The molecule has 2 heterocycles. The van der Waals surface area contributed by atoms with Crippen molar-refractivity contribution in [2.75, 3.05) is 0 Å². The summed E-state index contributed by atoms with van der Waals surface area (Å²) < 4.78 is 0. The average molecular weight is 250 g/mol. The van der Waals surface area contributed by atoms with Crippen LogP contribution in [0.4, 0.5) is 0 Å². The van der Waals surface area contributed by atoms with Crippen molar-refractivity contribution >= 4 is 10.9 Å². The number of benzene rings is 1. The molecule has 3 aromatic rings. The predicted molar refractivity (Wildman–Crippen MR) is 74.8 cm³/mol. The van der Waals surface area contributed by atoms with Crippen LogP contribution in [0, 0.1) is 6.92 Å². The highest BCUT2D eigenvalue weighted by atomic mass is 16.3. The second kappa shape index (κ2) is 4.78. The third-order valence-corrected chi connectivity index (χ3v) is 3.25. The van der Waals surface area contributed by atoms with Crippen molar-refractivity contribution in [1.29, 1.82) is 0 Å². The van der Waals surface area contributed by atoms with Gasteiger partial charge in [-0.1, -0.05) is 18.2 Å². The van der Waals surface area contributed by atoms with Crippen LogP contribution in [0.25, 0.3) is 10.9 Å². The van der Waals surface area contributed by atoms with Crippen molar-refractivity contribution in [3.8, 4) is 0 Å². The SMILES string of the molecule is Cc1cccnc1C(O)c1ccc2ncccc2c1. The first kappa shape index (κ1) is 11.8. The molecule has 2 aromatic heterocycles. The molecular weight excluding hydrogens is 236 g/mol. The summed E-state index contributed by atoms with van der Waals surface area (Å²) in [6, 6.07) is 13.5. The number of pyridine rings is 2. The molecule has 0 bridgehead atoms. The largest absolute Gasteiger partial charge is 0.382 e. The van der Waals surface area contributed by atoms with Crippen LogP contribution in [0.2, 0.25) is 0 Å². The van der Waals surface area contributed by atoms with Gasteiger partial charge >= 0.3 is 0 Å². The molecule has 0 aliphatic carbocycles. The quantitative estimate of drug-likeness (QED) is 0.760. The number of rotatable bonds is 2. The van der Waals surface area contributed by atoms with Gasteiger partial charge in [-0.3, -0.25) is 9.97 Å². The Labute approximate surface area is 111 Å². The first-order valence-electron chi connectivity index (χ1n) is 6.20. The van der Waals surface area contributed by atoms with E-state index in [-0.39, 0.29) is 0 Å². The van der Waals surface area contributed by atoms with E-state index >= 15 is 0 Å². The van der Waals surface area contributed by atoms with Gasteiger partial charge in [-0.25, -0.2) is 0 Å². The molecule has 94 valence electrons. The molecule has 0 aliphatic heterocycles. The van der Waals surface area contributed by atoms with Crippen molar-refractivity contribution in [3.63, 3.8) is 0 Å². The topological polar surface area (TPSA) is 46.0 Å². The van der Waals surface area contributed by atoms with E-state index in [1.165, 1.54) is 0 Å². The summed E-state index contributed by atoms with van der Waals surface area (Å²) in [6.45, 7) is 1.95. The molecule has 3 nitrogen and oxygen atoms in total. The minimum atomic E-state index is -0.703. The fourth-order valence-corrected chi connectivity index (χ4v) is 2.21. The van der Waals surface area contributed by atoms with Crippen LogP contribution in [-0.4, -0.2) is 15.1 Å². The number of nitrogens with zero attached hydrogens (tertiary/aromatic N) is 2. The highest BCUT2D eigenvalue weighted by molar-refractivity contribution is 5.79. The lowest BCUT2D eigenvalue weighted by molar-refractivity contribution is 0.214. The predicted octanol–water partition coefficient (Wildman–Crippen LogP) is 3.02. The summed E-state index contributed by atoms with van der Waals surface area (Å²) in [5, 5.41) is 11.5. The average Bonchev–Trinajstić information content (AvgIpc) is 2.46.